The summed E-state index contributed by atoms with van der Waals surface area (Å²) < 4.78 is 0. The van der Waals surface area contributed by atoms with Crippen molar-refractivity contribution in [3.05, 3.63) is 35.4 Å². The minimum Gasteiger partial charge on any atom is -0.310 e. The molecule has 0 atom stereocenters. The van der Waals surface area contributed by atoms with Crippen LogP contribution in [0.2, 0.25) is 0 Å². The Balaban J connectivity index is 0.00000162. The van der Waals surface area contributed by atoms with Crippen molar-refractivity contribution < 1.29 is 0 Å². The van der Waals surface area contributed by atoms with Gasteiger partial charge in [-0.3, -0.25) is 0 Å². The fourth-order valence-electron chi connectivity index (χ4n) is 2.64. The first-order chi connectivity index (χ1) is 8.38. The predicted octanol–water partition coefficient (Wildman–Crippen LogP) is 4.48. The molecule has 1 aliphatic rings. The van der Waals surface area contributed by atoms with Gasteiger partial charge in [0.05, 0.1) is 0 Å². The van der Waals surface area contributed by atoms with E-state index in [1.807, 2.05) is 0 Å². The third-order valence-electron chi connectivity index (χ3n) is 3.88. The maximum Gasteiger partial charge on any atom is 0.0208 e. The zero-order chi connectivity index (χ0) is 11.9. The summed E-state index contributed by atoms with van der Waals surface area (Å²) in [7, 11) is 0. The van der Waals surface area contributed by atoms with Crippen molar-refractivity contribution in [2.45, 2.75) is 64.5 Å². The minimum absolute atomic E-state index is 0. The Kier molecular flexibility index (Phi) is 7.38. The average molecular weight is 268 g/mol. The van der Waals surface area contributed by atoms with E-state index >= 15 is 0 Å². The minimum atomic E-state index is 0. The van der Waals surface area contributed by atoms with Gasteiger partial charge in [0.1, 0.15) is 0 Å². The van der Waals surface area contributed by atoms with E-state index in [1.54, 1.807) is 0 Å². The van der Waals surface area contributed by atoms with E-state index in [0.717, 1.165) is 19.0 Å². The molecule has 1 aromatic carbocycles. The summed E-state index contributed by atoms with van der Waals surface area (Å²) >= 11 is 0. The highest BCUT2D eigenvalue weighted by molar-refractivity contribution is 5.85. The Labute approximate surface area is 118 Å². The van der Waals surface area contributed by atoms with Gasteiger partial charge in [-0.2, -0.15) is 0 Å². The van der Waals surface area contributed by atoms with E-state index < -0.39 is 0 Å². The Morgan fingerprint density at radius 3 is 2.06 bits per heavy atom. The topological polar surface area (TPSA) is 12.0 Å². The van der Waals surface area contributed by atoms with Gasteiger partial charge in [-0.1, -0.05) is 56.9 Å². The first kappa shape index (κ1) is 15.5. The first-order valence-electron chi connectivity index (χ1n) is 7.19. The van der Waals surface area contributed by atoms with Crippen molar-refractivity contribution in [2.75, 3.05) is 0 Å². The predicted molar refractivity (Wildman–Crippen MR) is 81.4 cm³/mol. The lowest BCUT2D eigenvalue weighted by Gasteiger charge is -2.16. The SMILES string of the molecule is CCc1ccc(CNC2CCCCCC2)cc1.Cl. The van der Waals surface area contributed by atoms with E-state index in [-0.39, 0.29) is 12.4 Å². The van der Waals surface area contributed by atoms with Gasteiger partial charge in [-0.15, -0.1) is 12.4 Å². The molecule has 1 saturated carbocycles. The molecule has 0 unspecified atom stereocenters. The Morgan fingerprint density at radius 2 is 1.50 bits per heavy atom. The van der Waals surface area contributed by atoms with Crippen LogP contribution < -0.4 is 5.32 Å². The molecule has 0 bridgehead atoms. The summed E-state index contributed by atoms with van der Waals surface area (Å²) in [5.74, 6) is 0. The number of hydrogen-bond acceptors (Lipinski definition) is 1. The summed E-state index contributed by atoms with van der Waals surface area (Å²) in [5.41, 5.74) is 2.86. The van der Waals surface area contributed by atoms with Gasteiger partial charge < -0.3 is 5.32 Å². The van der Waals surface area contributed by atoms with Crippen LogP contribution in [0.15, 0.2) is 24.3 Å². The smallest absolute Gasteiger partial charge is 0.0208 e. The third-order valence-corrected chi connectivity index (χ3v) is 3.88. The molecule has 18 heavy (non-hydrogen) atoms. The van der Waals surface area contributed by atoms with E-state index in [9.17, 15) is 0 Å². The summed E-state index contributed by atoms with van der Waals surface area (Å²) in [6.07, 6.45) is 9.56. The molecular formula is C16H26ClN. The highest BCUT2D eigenvalue weighted by Crippen LogP contribution is 2.17. The molecule has 0 heterocycles. The third kappa shape index (κ3) is 4.99. The van der Waals surface area contributed by atoms with Gasteiger partial charge in [-0.05, 0) is 30.4 Å². The summed E-state index contributed by atoms with van der Waals surface area (Å²) in [6, 6.07) is 9.79. The van der Waals surface area contributed by atoms with Crippen molar-refractivity contribution in [3.63, 3.8) is 0 Å². The molecule has 1 aliphatic carbocycles. The summed E-state index contributed by atoms with van der Waals surface area (Å²) in [4.78, 5) is 0. The molecule has 1 aromatic rings. The number of rotatable bonds is 4. The largest absolute Gasteiger partial charge is 0.310 e. The Bertz CT molecular complexity index is 312. The number of nitrogens with one attached hydrogen (secondary N) is 1. The van der Waals surface area contributed by atoms with Crippen LogP contribution in [0, 0.1) is 0 Å². The molecule has 0 radical (unpaired) electrons. The molecule has 0 amide bonds. The van der Waals surface area contributed by atoms with Crippen molar-refractivity contribution in [3.8, 4) is 0 Å². The van der Waals surface area contributed by atoms with Crippen LogP contribution in [-0.2, 0) is 13.0 Å². The molecule has 0 spiro atoms. The second-order valence-corrected chi connectivity index (χ2v) is 5.24. The lowest BCUT2D eigenvalue weighted by molar-refractivity contribution is 0.459. The molecule has 1 fully saturated rings. The molecule has 0 aromatic heterocycles. The van der Waals surface area contributed by atoms with Crippen LogP contribution in [0.4, 0.5) is 0 Å². The fraction of sp³-hybridized carbons (Fsp3) is 0.625. The Hall–Kier alpha value is -0.530. The van der Waals surface area contributed by atoms with Gasteiger partial charge in [0.2, 0.25) is 0 Å². The van der Waals surface area contributed by atoms with Crippen LogP contribution in [-0.4, -0.2) is 6.04 Å². The van der Waals surface area contributed by atoms with Gasteiger partial charge in [0.15, 0.2) is 0 Å². The lowest BCUT2D eigenvalue weighted by Crippen LogP contribution is -2.27. The number of aryl methyl sites for hydroxylation is 1. The standard InChI is InChI=1S/C16H25N.ClH/c1-2-14-9-11-15(12-10-14)13-17-16-7-5-3-4-6-8-16;/h9-12,16-17H,2-8,13H2,1H3;1H. The van der Waals surface area contributed by atoms with Crippen molar-refractivity contribution >= 4 is 12.4 Å². The maximum absolute atomic E-state index is 3.72. The Morgan fingerprint density at radius 1 is 0.944 bits per heavy atom. The molecule has 1 nitrogen and oxygen atoms in total. The van der Waals surface area contributed by atoms with E-state index in [1.165, 1.54) is 49.7 Å². The van der Waals surface area contributed by atoms with Gasteiger partial charge in [0, 0.05) is 12.6 Å². The highest BCUT2D eigenvalue weighted by Gasteiger charge is 2.10. The molecule has 2 heteroatoms. The van der Waals surface area contributed by atoms with E-state index in [2.05, 4.69) is 36.5 Å². The van der Waals surface area contributed by atoms with Crippen LogP contribution in [0.25, 0.3) is 0 Å². The fourth-order valence-corrected chi connectivity index (χ4v) is 2.64. The lowest BCUT2D eigenvalue weighted by atomic mass is 10.1. The molecule has 0 saturated heterocycles. The monoisotopic (exact) mass is 267 g/mol. The van der Waals surface area contributed by atoms with Crippen LogP contribution in [0.1, 0.15) is 56.6 Å². The summed E-state index contributed by atoms with van der Waals surface area (Å²) in [6.45, 7) is 3.24. The zero-order valence-corrected chi connectivity index (χ0v) is 12.3. The molecule has 102 valence electrons. The number of halogens is 1. The van der Waals surface area contributed by atoms with Crippen molar-refractivity contribution in [1.29, 1.82) is 0 Å². The first-order valence-corrected chi connectivity index (χ1v) is 7.19. The average Bonchev–Trinajstić information content (AvgIpc) is 2.65. The van der Waals surface area contributed by atoms with Gasteiger partial charge in [0.25, 0.3) is 0 Å². The van der Waals surface area contributed by atoms with Gasteiger partial charge >= 0.3 is 0 Å². The molecule has 0 aliphatic heterocycles. The quantitative estimate of drug-likeness (QED) is 0.793. The van der Waals surface area contributed by atoms with Crippen molar-refractivity contribution in [2.24, 2.45) is 0 Å². The number of benzene rings is 1. The van der Waals surface area contributed by atoms with Crippen LogP contribution in [0.5, 0.6) is 0 Å². The molecular weight excluding hydrogens is 242 g/mol. The van der Waals surface area contributed by atoms with Gasteiger partial charge in [-0.25, -0.2) is 0 Å². The second kappa shape index (κ2) is 8.55. The van der Waals surface area contributed by atoms with E-state index in [0.29, 0.717) is 0 Å². The summed E-state index contributed by atoms with van der Waals surface area (Å²) in [5, 5.41) is 3.72. The van der Waals surface area contributed by atoms with Crippen LogP contribution in [0.3, 0.4) is 0 Å². The highest BCUT2D eigenvalue weighted by atomic mass is 35.5. The maximum atomic E-state index is 3.72. The molecule has 1 N–H and O–H groups in total. The second-order valence-electron chi connectivity index (χ2n) is 5.24. The molecule has 2 rings (SSSR count). The number of hydrogen-bond donors (Lipinski definition) is 1. The van der Waals surface area contributed by atoms with Crippen molar-refractivity contribution in [1.82, 2.24) is 5.32 Å². The van der Waals surface area contributed by atoms with Crippen LogP contribution >= 0.6 is 12.4 Å². The van der Waals surface area contributed by atoms with E-state index in [4.69, 9.17) is 0 Å². The normalized spacial score (nSPS) is 16.9. The zero-order valence-electron chi connectivity index (χ0n) is 11.5.